The number of ether oxygens (including phenoxy) is 1. The van der Waals surface area contributed by atoms with Crippen molar-refractivity contribution in [3.05, 3.63) is 0 Å². The molecule has 1 heterocycles. The van der Waals surface area contributed by atoms with Crippen LogP contribution in [-0.2, 0) is 9.53 Å². The number of rotatable bonds is 4. The highest BCUT2D eigenvalue weighted by Gasteiger charge is 2.40. The molecule has 6 nitrogen and oxygen atoms in total. The van der Waals surface area contributed by atoms with Gasteiger partial charge in [-0.2, -0.15) is 0 Å². The Morgan fingerprint density at radius 2 is 1.67 bits per heavy atom. The number of likely N-dealkylation sites (tertiary alicyclic amines) is 1. The summed E-state index contributed by atoms with van der Waals surface area (Å²) >= 11 is 0. The molecule has 21 heavy (non-hydrogen) atoms. The van der Waals surface area contributed by atoms with Crippen molar-refractivity contribution in [2.24, 2.45) is 0 Å². The fourth-order valence-electron chi connectivity index (χ4n) is 2.81. The average Bonchev–Trinajstić information content (AvgIpc) is 3.13. The van der Waals surface area contributed by atoms with Gasteiger partial charge in [0.1, 0.15) is 5.60 Å². The maximum Gasteiger partial charge on any atom is 0.410 e. The second kappa shape index (κ2) is 6.22. The molecule has 1 saturated carbocycles. The van der Waals surface area contributed by atoms with E-state index in [0.29, 0.717) is 6.04 Å². The quantitative estimate of drug-likeness (QED) is 0.859. The van der Waals surface area contributed by atoms with Gasteiger partial charge < -0.3 is 14.7 Å². The largest absolute Gasteiger partial charge is 0.480 e. The van der Waals surface area contributed by atoms with Crippen molar-refractivity contribution in [2.45, 2.75) is 64.1 Å². The number of nitrogens with zero attached hydrogens (tertiary/aromatic N) is 2. The highest BCUT2D eigenvalue weighted by molar-refractivity contribution is 5.70. The summed E-state index contributed by atoms with van der Waals surface area (Å²) in [4.78, 5) is 27.0. The molecular weight excluding hydrogens is 272 g/mol. The van der Waals surface area contributed by atoms with Crippen LogP contribution in [0.25, 0.3) is 0 Å². The first-order valence-corrected chi connectivity index (χ1v) is 7.72. The number of hydrogen-bond donors (Lipinski definition) is 1. The lowest BCUT2D eigenvalue weighted by atomic mass is 10.0. The van der Waals surface area contributed by atoms with Gasteiger partial charge in [0.05, 0.1) is 6.54 Å². The van der Waals surface area contributed by atoms with Crippen molar-refractivity contribution in [3.63, 3.8) is 0 Å². The van der Waals surface area contributed by atoms with E-state index in [1.807, 2.05) is 30.6 Å². The number of carboxylic acid groups (broad SMARTS) is 1. The van der Waals surface area contributed by atoms with Gasteiger partial charge >= 0.3 is 12.1 Å². The maximum absolute atomic E-state index is 12.4. The summed E-state index contributed by atoms with van der Waals surface area (Å²) in [7, 11) is 0. The number of carbonyl (C=O) groups excluding carboxylic acids is 1. The van der Waals surface area contributed by atoms with E-state index in [1.54, 1.807) is 0 Å². The van der Waals surface area contributed by atoms with Crippen molar-refractivity contribution >= 4 is 12.1 Å². The van der Waals surface area contributed by atoms with Crippen LogP contribution in [0.1, 0.15) is 46.5 Å². The minimum Gasteiger partial charge on any atom is -0.480 e. The van der Waals surface area contributed by atoms with Gasteiger partial charge in [0, 0.05) is 25.2 Å². The fraction of sp³-hybridized carbons (Fsp3) is 0.867. The van der Waals surface area contributed by atoms with Gasteiger partial charge in [-0.1, -0.05) is 0 Å². The van der Waals surface area contributed by atoms with Gasteiger partial charge in [-0.25, -0.2) is 4.79 Å². The molecule has 1 aliphatic carbocycles. The third kappa shape index (κ3) is 4.88. The Labute approximate surface area is 126 Å². The van der Waals surface area contributed by atoms with E-state index >= 15 is 0 Å². The number of carboxylic acids is 1. The lowest BCUT2D eigenvalue weighted by Gasteiger charge is -2.38. The number of aliphatic carboxylic acids is 1. The van der Waals surface area contributed by atoms with Crippen molar-refractivity contribution in [1.82, 2.24) is 9.80 Å². The topological polar surface area (TPSA) is 70.1 Å². The molecule has 2 rings (SSSR count). The molecule has 0 unspecified atom stereocenters. The number of carbonyl (C=O) groups is 2. The Bertz CT molecular complexity index is 393. The molecule has 0 radical (unpaired) electrons. The van der Waals surface area contributed by atoms with Gasteiger partial charge in [0.2, 0.25) is 0 Å². The minimum absolute atomic E-state index is 0.0859. The summed E-state index contributed by atoms with van der Waals surface area (Å²) in [5.41, 5.74) is -0.478. The molecule has 0 aromatic carbocycles. The lowest BCUT2D eigenvalue weighted by molar-refractivity contribution is -0.138. The Hall–Kier alpha value is -1.30. The van der Waals surface area contributed by atoms with Crippen LogP contribution < -0.4 is 0 Å². The Balaban J connectivity index is 1.91. The second-order valence-corrected chi connectivity index (χ2v) is 7.02. The highest BCUT2D eigenvalue weighted by atomic mass is 16.6. The Morgan fingerprint density at radius 3 is 2.10 bits per heavy atom. The molecule has 6 heteroatoms. The molecule has 1 aliphatic heterocycles. The molecule has 2 fully saturated rings. The SMILES string of the molecule is CC(C)(C)OC(=O)N(C1CC1)C1CCN(CC(=O)O)CC1. The average molecular weight is 298 g/mol. The smallest absolute Gasteiger partial charge is 0.410 e. The van der Waals surface area contributed by atoms with Crippen molar-refractivity contribution in [2.75, 3.05) is 19.6 Å². The van der Waals surface area contributed by atoms with Crippen LogP contribution in [-0.4, -0.2) is 64.3 Å². The van der Waals surface area contributed by atoms with Crippen LogP contribution in [0.3, 0.4) is 0 Å². The van der Waals surface area contributed by atoms with E-state index in [0.717, 1.165) is 38.8 Å². The molecule has 1 N–H and O–H groups in total. The summed E-state index contributed by atoms with van der Waals surface area (Å²) in [5.74, 6) is -0.792. The molecule has 0 atom stereocenters. The lowest BCUT2D eigenvalue weighted by Crippen LogP contribution is -2.50. The van der Waals surface area contributed by atoms with Crippen LogP contribution in [0.15, 0.2) is 0 Å². The minimum atomic E-state index is -0.792. The van der Waals surface area contributed by atoms with Gasteiger partial charge in [0.25, 0.3) is 0 Å². The van der Waals surface area contributed by atoms with Gasteiger partial charge in [-0.15, -0.1) is 0 Å². The zero-order chi connectivity index (χ0) is 15.6. The highest BCUT2D eigenvalue weighted by Crippen LogP contribution is 2.33. The van der Waals surface area contributed by atoms with E-state index < -0.39 is 11.6 Å². The van der Waals surface area contributed by atoms with E-state index in [-0.39, 0.29) is 18.7 Å². The number of piperidine rings is 1. The standard InChI is InChI=1S/C15H26N2O4/c1-15(2,3)21-14(20)17(11-4-5-11)12-6-8-16(9-7-12)10-13(18)19/h11-12H,4-10H2,1-3H3,(H,18,19). The molecule has 1 amide bonds. The maximum atomic E-state index is 12.4. The number of amides is 1. The van der Waals surface area contributed by atoms with Crippen molar-refractivity contribution < 1.29 is 19.4 Å². The molecular formula is C15H26N2O4. The third-order valence-corrected chi connectivity index (χ3v) is 3.85. The van der Waals surface area contributed by atoms with E-state index in [2.05, 4.69) is 0 Å². The van der Waals surface area contributed by atoms with E-state index in [1.165, 1.54) is 0 Å². The first-order valence-electron chi connectivity index (χ1n) is 7.72. The predicted molar refractivity (Wildman–Crippen MR) is 78.2 cm³/mol. The monoisotopic (exact) mass is 298 g/mol. The molecule has 0 aromatic heterocycles. The summed E-state index contributed by atoms with van der Waals surface area (Å²) in [6.45, 7) is 7.18. The van der Waals surface area contributed by atoms with Crippen molar-refractivity contribution in [3.8, 4) is 0 Å². The fourth-order valence-corrected chi connectivity index (χ4v) is 2.81. The van der Waals surface area contributed by atoms with Crippen molar-refractivity contribution in [1.29, 1.82) is 0 Å². The van der Waals surface area contributed by atoms with Crippen LogP contribution in [0.2, 0.25) is 0 Å². The summed E-state index contributed by atoms with van der Waals surface area (Å²) in [5, 5.41) is 8.83. The van der Waals surface area contributed by atoms with E-state index in [9.17, 15) is 9.59 Å². The second-order valence-electron chi connectivity index (χ2n) is 7.02. The normalized spacial score (nSPS) is 21.1. The molecule has 120 valence electrons. The molecule has 0 aromatic rings. The van der Waals surface area contributed by atoms with Crippen LogP contribution in [0, 0.1) is 0 Å². The Kier molecular flexibility index (Phi) is 4.76. The van der Waals surface area contributed by atoms with Crippen LogP contribution in [0.5, 0.6) is 0 Å². The van der Waals surface area contributed by atoms with Gasteiger partial charge in [0.15, 0.2) is 0 Å². The molecule has 1 saturated heterocycles. The Morgan fingerprint density at radius 1 is 1.14 bits per heavy atom. The predicted octanol–water partition coefficient (Wildman–Crippen LogP) is 1.93. The zero-order valence-corrected chi connectivity index (χ0v) is 13.2. The zero-order valence-electron chi connectivity index (χ0n) is 13.2. The summed E-state index contributed by atoms with van der Waals surface area (Å²) in [6, 6.07) is 0.494. The van der Waals surface area contributed by atoms with E-state index in [4.69, 9.17) is 9.84 Å². The summed E-state index contributed by atoms with van der Waals surface area (Å²) in [6.07, 6.45) is 3.52. The molecule has 0 bridgehead atoms. The summed E-state index contributed by atoms with van der Waals surface area (Å²) < 4.78 is 5.53. The van der Waals surface area contributed by atoms with Crippen LogP contribution in [0.4, 0.5) is 4.79 Å². The molecule has 2 aliphatic rings. The van der Waals surface area contributed by atoms with Gasteiger partial charge in [-0.05, 0) is 46.5 Å². The molecule has 0 spiro atoms. The number of hydrogen-bond acceptors (Lipinski definition) is 4. The van der Waals surface area contributed by atoms with Gasteiger partial charge in [-0.3, -0.25) is 9.69 Å². The van der Waals surface area contributed by atoms with Crippen LogP contribution >= 0.6 is 0 Å². The first-order chi connectivity index (χ1) is 9.76. The first kappa shape index (κ1) is 16.1. The third-order valence-electron chi connectivity index (χ3n) is 3.85.